The van der Waals surface area contributed by atoms with E-state index in [-0.39, 0.29) is 12.1 Å². The second-order valence-corrected chi connectivity index (χ2v) is 6.45. The lowest BCUT2D eigenvalue weighted by Crippen LogP contribution is -2.48. The van der Waals surface area contributed by atoms with Crippen LogP contribution in [0.3, 0.4) is 0 Å². The van der Waals surface area contributed by atoms with Crippen molar-refractivity contribution in [2.75, 3.05) is 33.3 Å². The Hall–Kier alpha value is -0.900. The first kappa shape index (κ1) is 16.5. The van der Waals surface area contributed by atoms with Crippen molar-refractivity contribution in [3.8, 4) is 0 Å². The third kappa shape index (κ3) is 4.29. The van der Waals surface area contributed by atoms with E-state index in [0.717, 1.165) is 25.4 Å². The third-order valence-electron chi connectivity index (χ3n) is 4.83. The van der Waals surface area contributed by atoms with Gasteiger partial charge in [-0.05, 0) is 44.3 Å². The summed E-state index contributed by atoms with van der Waals surface area (Å²) in [5.74, 6) is 0.898. The van der Waals surface area contributed by atoms with Crippen LogP contribution in [0.2, 0.25) is 0 Å². The monoisotopic (exact) mass is 290 g/mol. The van der Waals surface area contributed by atoms with Crippen molar-refractivity contribution in [3.05, 3.63) is 35.9 Å². The summed E-state index contributed by atoms with van der Waals surface area (Å²) in [4.78, 5) is 2.43. The number of nitrogens with zero attached hydrogens (tertiary/aromatic N) is 1. The van der Waals surface area contributed by atoms with E-state index < -0.39 is 0 Å². The Morgan fingerprint density at radius 2 is 2.00 bits per heavy atom. The molecule has 0 aliphatic heterocycles. The molecule has 1 aliphatic carbocycles. The molecule has 1 unspecified atom stereocenters. The van der Waals surface area contributed by atoms with Crippen LogP contribution in [0.5, 0.6) is 0 Å². The molecule has 1 aromatic rings. The molecule has 0 heterocycles. The first-order chi connectivity index (χ1) is 10.2. The molecule has 0 aromatic heterocycles. The Labute approximate surface area is 129 Å². The van der Waals surface area contributed by atoms with Crippen LogP contribution in [0, 0.1) is 5.92 Å². The Bertz CT molecular complexity index is 405. The van der Waals surface area contributed by atoms with Gasteiger partial charge in [0, 0.05) is 13.1 Å². The molecule has 0 radical (unpaired) electrons. The van der Waals surface area contributed by atoms with E-state index in [2.05, 4.69) is 48.5 Å². The smallest absolute Gasteiger partial charge is 0.0681 e. The number of benzene rings is 1. The van der Waals surface area contributed by atoms with Gasteiger partial charge in [-0.1, -0.05) is 43.7 Å². The summed E-state index contributed by atoms with van der Waals surface area (Å²) in [5.41, 5.74) is 0.871. The summed E-state index contributed by atoms with van der Waals surface area (Å²) in [6, 6.07) is 10.4. The van der Waals surface area contributed by atoms with Gasteiger partial charge in [0.05, 0.1) is 12.1 Å². The topological polar surface area (TPSA) is 35.5 Å². The number of likely N-dealkylation sites (N-methyl/N-ethyl adjacent to an activating group) is 1. The molecule has 1 saturated carbocycles. The summed E-state index contributed by atoms with van der Waals surface area (Å²) in [6.45, 7) is 5.32. The van der Waals surface area contributed by atoms with Crippen molar-refractivity contribution in [3.63, 3.8) is 0 Å². The third-order valence-corrected chi connectivity index (χ3v) is 4.83. The van der Waals surface area contributed by atoms with Crippen LogP contribution in [0.25, 0.3) is 0 Å². The highest BCUT2D eigenvalue weighted by Gasteiger charge is 2.30. The zero-order valence-electron chi connectivity index (χ0n) is 13.5. The number of aliphatic hydroxyl groups excluding tert-OH is 1. The van der Waals surface area contributed by atoms with E-state index >= 15 is 0 Å². The molecule has 3 nitrogen and oxygen atoms in total. The highest BCUT2D eigenvalue weighted by atomic mass is 16.3. The molecule has 118 valence electrons. The molecule has 3 heteroatoms. The second-order valence-electron chi connectivity index (χ2n) is 6.45. The zero-order valence-corrected chi connectivity index (χ0v) is 13.5. The van der Waals surface area contributed by atoms with Gasteiger partial charge >= 0.3 is 0 Å². The van der Waals surface area contributed by atoms with Crippen molar-refractivity contribution < 1.29 is 5.11 Å². The highest BCUT2D eigenvalue weighted by Crippen LogP contribution is 2.28. The standard InChI is InChI=1S/C18H30N2O/c1-3-19-18(15-21,17-10-5-4-6-11-17)12-13-20(2)14-16-8-7-9-16/h4-6,10-11,16,19,21H,3,7-9,12-15H2,1-2H3. The van der Waals surface area contributed by atoms with Gasteiger partial charge in [-0.2, -0.15) is 0 Å². The fourth-order valence-electron chi connectivity index (χ4n) is 3.25. The maximum Gasteiger partial charge on any atom is 0.0681 e. The van der Waals surface area contributed by atoms with E-state index in [9.17, 15) is 5.11 Å². The minimum atomic E-state index is -0.316. The summed E-state index contributed by atoms with van der Waals surface area (Å²) < 4.78 is 0. The number of aliphatic hydroxyl groups is 1. The molecule has 0 amide bonds. The van der Waals surface area contributed by atoms with Crippen LogP contribution in [0.15, 0.2) is 30.3 Å². The van der Waals surface area contributed by atoms with Gasteiger partial charge < -0.3 is 15.3 Å². The van der Waals surface area contributed by atoms with Crippen molar-refractivity contribution in [1.29, 1.82) is 0 Å². The van der Waals surface area contributed by atoms with E-state index in [4.69, 9.17) is 0 Å². The van der Waals surface area contributed by atoms with Gasteiger partial charge in [-0.3, -0.25) is 0 Å². The molecule has 1 atom stereocenters. The Morgan fingerprint density at radius 1 is 1.29 bits per heavy atom. The van der Waals surface area contributed by atoms with E-state index in [1.807, 2.05) is 6.07 Å². The number of hydrogen-bond acceptors (Lipinski definition) is 3. The minimum absolute atomic E-state index is 0.141. The number of nitrogens with one attached hydrogen (secondary N) is 1. The molecule has 0 spiro atoms. The van der Waals surface area contributed by atoms with Crippen LogP contribution in [0.1, 0.15) is 38.2 Å². The normalized spacial score (nSPS) is 18.5. The average molecular weight is 290 g/mol. The van der Waals surface area contributed by atoms with Crippen LogP contribution in [0.4, 0.5) is 0 Å². The Morgan fingerprint density at radius 3 is 2.52 bits per heavy atom. The first-order valence-corrected chi connectivity index (χ1v) is 8.30. The number of rotatable bonds is 9. The SMILES string of the molecule is CCNC(CO)(CCN(C)CC1CCC1)c1ccccc1. The van der Waals surface area contributed by atoms with Crippen LogP contribution >= 0.6 is 0 Å². The van der Waals surface area contributed by atoms with Crippen molar-refractivity contribution in [2.45, 2.75) is 38.1 Å². The largest absolute Gasteiger partial charge is 0.394 e. The molecule has 1 aliphatic rings. The van der Waals surface area contributed by atoms with Gasteiger partial charge in [0.25, 0.3) is 0 Å². The second kappa shape index (κ2) is 7.92. The fourth-order valence-corrected chi connectivity index (χ4v) is 3.25. The van der Waals surface area contributed by atoms with Crippen LogP contribution in [-0.2, 0) is 5.54 Å². The maximum absolute atomic E-state index is 10.0. The Kier molecular flexibility index (Phi) is 6.22. The van der Waals surface area contributed by atoms with Gasteiger partial charge in [0.1, 0.15) is 0 Å². The molecular formula is C18H30N2O. The van der Waals surface area contributed by atoms with Crippen molar-refractivity contribution >= 4 is 0 Å². The van der Waals surface area contributed by atoms with E-state index in [0.29, 0.717) is 0 Å². The summed E-state index contributed by atoms with van der Waals surface area (Å²) in [6.07, 6.45) is 5.12. The summed E-state index contributed by atoms with van der Waals surface area (Å²) in [7, 11) is 2.21. The summed E-state index contributed by atoms with van der Waals surface area (Å²) in [5, 5.41) is 13.6. The summed E-state index contributed by atoms with van der Waals surface area (Å²) >= 11 is 0. The Balaban J connectivity index is 1.98. The lowest BCUT2D eigenvalue weighted by atomic mass is 9.84. The molecule has 1 fully saturated rings. The van der Waals surface area contributed by atoms with Gasteiger partial charge in [-0.25, -0.2) is 0 Å². The molecule has 0 saturated heterocycles. The van der Waals surface area contributed by atoms with Gasteiger partial charge in [0.2, 0.25) is 0 Å². The van der Waals surface area contributed by atoms with Crippen LogP contribution < -0.4 is 5.32 Å². The molecule has 2 N–H and O–H groups in total. The van der Waals surface area contributed by atoms with Crippen LogP contribution in [-0.4, -0.2) is 43.3 Å². The van der Waals surface area contributed by atoms with Crippen molar-refractivity contribution in [2.24, 2.45) is 5.92 Å². The minimum Gasteiger partial charge on any atom is -0.394 e. The van der Waals surface area contributed by atoms with E-state index in [1.165, 1.54) is 31.4 Å². The average Bonchev–Trinajstić information content (AvgIpc) is 2.48. The number of hydrogen-bond donors (Lipinski definition) is 2. The quantitative estimate of drug-likeness (QED) is 0.734. The predicted octanol–water partition coefficient (Wildman–Crippen LogP) is 2.61. The zero-order chi connectivity index (χ0) is 15.1. The lowest BCUT2D eigenvalue weighted by molar-refractivity contribution is 0.128. The predicted molar refractivity (Wildman–Crippen MR) is 88.3 cm³/mol. The highest BCUT2D eigenvalue weighted by molar-refractivity contribution is 5.24. The molecule has 2 rings (SSSR count). The lowest BCUT2D eigenvalue weighted by Gasteiger charge is -2.36. The molecular weight excluding hydrogens is 260 g/mol. The first-order valence-electron chi connectivity index (χ1n) is 8.30. The molecule has 1 aromatic carbocycles. The van der Waals surface area contributed by atoms with Gasteiger partial charge in [0.15, 0.2) is 0 Å². The fraction of sp³-hybridized carbons (Fsp3) is 0.667. The van der Waals surface area contributed by atoms with E-state index in [1.54, 1.807) is 0 Å². The van der Waals surface area contributed by atoms with Crippen molar-refractivity contribution in [1.82, 2.24) is 10.2 Å². The molecule has 0 bridgehead atoms. The molecule has 21 heavy (non-hydrogen) atoms. The van der Waals surface area contributed by atoms with Gasteiger partial charge in [-0.15, -0.1) is 0 Å². The maximum atomic E-state index is 10.0.